The molecule has 0 spiro atoms. The van der Waals surface area contributed by atoms with Crippen molar-refractivity contribution >= 4 is 5.97 Å². The minimum Gasteiger partial charge on any atom is -0.465 e. The van der Waals surface area contributed by atoms with Gasteiger partial charge < -0.3 is 4.74 Å². The fourth-order valence-corrected chi connectivity index (χ4v) is 2.35. The Hall–Kier alpha value is -0.530. The summed E-state index contributed by atoms with van der Waals surface area (Å²) in [6.45, 7) is 8.93. The van der Waals surface area contributed by atoms with E-state index in [0.29, 0.717) is 6.61 Å². The highest BCUT2D eigenvalue weighted by Gasteiger charge is 2.34. The second kappa shape index (κ2) is 4.33. The third kappa shape index (κ3) is 3.00. The van der Waals surface area contributed by atoms with E-state index in [2.05, 4.69) is 20.8 Å². The van der Waals surface area contributed by atoms with Gasteiger partial charge in [-0.1, -0.05) is 20.8 Å². The van der Waals surface area contributed by atoms with E-state index >= 15 is 0 Å². The monoisotopic (exact) mass is 198 g/mol. The molecule has 1 fully saturated rings. The number of rotatable bonds is 2. The van der Waals surface area contributed by atoms with Gasteiger partial charge in [-0.2, -0.15) is 0 Å². The first-order valence-corrected chi connectivity index (χ1v) is 5.56. The zero-order chi connectivity index (χ0) is 10.8. The van der Waals surface area contributed by atoms with Crippen LogP contribution in [-0.4, -0.2) is 12.6 Å². The maximum atomic E-state index is 10.8. The maximum Gasteiger partial charge on any atom is 0.302 e. The first-order chi connectivity index (χ1) is 6.43. The van der Waals surface area contributed by atoms with Crippen LogP contribution < -0.4 is 0 Å². The molecule has 14 heavy (non-hydrogen) atoms. The highest BCUT2D eigenvalue weighted by atomic mass is 16.5. The van der Waals surface area contributed by atoms with Gasteiger partial charge in [0.2, 0.25) is 0 Å². The Morgan fingerprint density at radius 3 is 2.57 bits per heavy atom. The van der Waals surface area contributed by atoms with Gasteiger partial charge in [-0.3, -0.25) is 4.79 Å². The number of hydrogen-bond donors (Lipinski definition) is 0. The van der Waals surface area contributed by atoms with Gasteiger partial charge in [0.25, 0.3) is 0 Å². The molecule has 0 radical (unpaired) electrons. The molecule has 1 rings (SSSR count). The number of carbonyl (C=O) groups excluding carboxylic acids is 1. The molecule has 0 aromatic rings. The predicted octanol–water partition coefficient (Wildman–Crippen LogP) is 3.01. The van der Waals surface area contributed by atoms with Gasteiger partial charge in [-0.05, 0) is 31.1 Å². The van der Waals surface area contributed by atoms with Crippen LogP contribution in [0.3, 0.4) is 0 Å². The Morgan fingerprint density at radius 1 is 1.43 bits per heavy atom. The van der Waals surface area contributed by atoms with Gasteiger partial charge in [0.05, 0.1) is 6.61 Å². The lowest BCUT2D eigenvalue weighted by Gasteiger charge is -2.39. The Bertz CT molecular complexity index is 212. The van der Waals surface area contributed by atoms with E-state index in [1.165, 1.54) is 26.2 Å². The normalized spacial score (nSPS) is 38.0. The third-order valence-corrected chi connectivity index (χ3v) is 3.61. The topological polar surface area (TPSA) is 26.3 Å². The molecule has 0 unspecified atom stereocenters. The van der Waals surface area contributed by atoms with E-state index in [0.717, 1.165) is 11.8 Å². The van der Waals surface area contributed by atoms with E-state index < -0.39 is 0 Å². The van der Waals surface area contributed by atoms with Gasteiger partial charge in [-0.25, -0.2) is 0 Å². The summed E-state index contributed by atoms with van der Waals surface area (Å²) >= 11 is 0. The van der Waals surface area contributed by atoms with Crippen LogP contribution in [-0.2, 0) is 9.53 Å². The summed E-state index contributed by atoms with van der Waals surface area (Å²) in [6.07, 6.45) is 3.63. The summed E-state index contributed by atoms with van der Waals surface area (Å²) in [6, 6.07) is 0. The van der Waals surface area contributed by atoms with Gasteiger partial charge >= 0.3 is 5.97 Å². The molecule has 0 aliphatic heterocycles. The average Bonchev–Trinajstić information content (AvgIpc) is 2.09. The third-order valence-electron chi connectivity index (χ3n) is 3.61. The van der Waals surface area contributed by atoms with Gasteiger partial charge in [-0.15, -0.1) is 0 Å². The molecule has 1 aliphatic carbocycles. The summed E-state index contributed by atoms with van der Waals surface area (Å²) < 4.78 is 5.13. The fraction of sp³-hybridized carbons (Fsp3) is 0.917. The molecule has 0 aromatic heterocycles. The molecule has 0 saturated heterocycles. The first kappa shape index (κ1) is 11.5. The van der Waals surface area contributed by atoms with Crippen molar-refractivity contribution in [3.8, 4) is 0 Å². The van der Waals surface area contributed by atoms with Crippen LogP contribution in [0.15, 0.2) is 0 Å². The van der Waals surface area contributed by atoms with E-state index in [9.17, 15) is 4.79 Å². The number of ether oxygens (including phenoxy) is 1. The molecule has 0 heterocycles. The minimum absolute atomic E-state index is 0.155. The lowest BCUT2D eigenvalue weighted by Crippen LogP contribution is -2.33. The Kier molecular flexibility index (Phi) is 3.57. The molecule has 0 bridgehead atoms. The van der Waals surface area contributed by atoms with E-state index in [-0.39, 0.29) is 11.4 Å². The lowest BCUT2D eigenvalue weighted by atomic mass is 9.68. The van der Waals surface area contributed by atoms with E-state index in [4.69, 9.17) is 4.74 Å². The summed E-state index contributed by atoms with van der Waals surface area (Å²) in [5.74, 6) is 1.42. The van der Waals surface area contributed by atoms with Gasteiger partial charge in [0.15, 0.2) is 0 Å². The largest absolute Gasteiger partial charge is 0.465 e. The van der Waals surface area contributed by atoms with Crippen molar-refractivity contribution in [3.05, 3.63) is 0 Å². The van der Waals surface area contributed by atoms with Crippen molar-refractivity contribution < 1.29 is 9.53 Å². The molecule has 0 N–H and O–H groups in total. The second-order valence-electron chi connectivity index (χ2n) is 5.29. The van der Waals surface area contributed by atoms with Crippen LogP contribution in [0.1, 0.15) is 47.0 Å². The van der Waals surface area contributed by atoms with Crippen LogP contribution in [0.25, 0.3) is 0 Å². The second-order valence-corrected chi connectivity index (χ2v) is 5.29. The smallest absolute Gasteiger partial charge is 0.302 e. The zero-order valence-electron chi connectivity index (χ0n) is 9.80. The van der Waals surface area contributed by atoms with Crippen LogP contribution in [0.5, 0.6) is 0 Å². The molecule has 1 aliphatic rings. The molecule has 2 heteroatoms. The van der Waals surface area contributed by atoms with Crippen LogP contribution in [0.4, 0.5) is 0 Å². The number of carbonyl (C=O) groups is 1. The van der Waals surface area contributed by atoms with E-state index in [1.54, 1.807) is 0 Å². The summed E-state index contributed by atoms with van der Waals surface area (Å²) in [7, 11) is 0. The average molecular weight is 198 g/mol. The SMILES string of the molecule is CC(=O)OC[C@]1(C)CC[C@@H](C)[C@H](C)C1. The molecule has 82 valence electrons. The summed E-state index contributed by atoms with van der Waals surface area (Å²) in [5.41, 5.74) is 0.220. The number of hydrogen-bond acceptors (Lipinski definition) is 2. The Labute approximate surface area is 87.0 Å². The molecule has 0 amide bonds. The fourth-order valence-electron chi connectivity index (χ4n) is 2.35. The van der Waals surface area contributed by atoms with Crippen molar-refractivity contribution in [1.29, 1.82) is 0 Å². The van der Waals surface area contributed by atoms with Crippen molar-refractivity contribution in [3.63, 3.8) is 0 Å². The predicted molar refractivity (Wildman–Crippen MR) is 56.9 cm³/mol. The molecule has 1 saturated carbocycles. The van der Waals surface area contributed by atoms with Crippen molar-refractivity contribution in [2.45, 2.75) is 47.0 Å². The summed E-state index contributed by atoms with van der Waals surface area (Å²) in [5, 5.41) is 0. The Balaban J connectivity index is 2.45. The lowest BCUT2D eigenvalue weighted by molar-refractivity contribution is -0.145. The Morgan fingerprint density at radius 2 is 2.07 bits per heavy atom. The maximum absolute atomic E-state index is 10.8. The molecular weight excluding hydrogens is 176 g/mol. The van der Waals surface area contributed by atoms with Crippen LogP contribution >= 0.6 is 0 Å². The van der Waals surface area contributed by atoms with Gasteiger partial charge in [0.1, 0.15) is 0 Å². The van der Waals surface area contributed by atoms with Crippen molar-refractivity contribution in [1.82, 2.24) is 0 Å². The highest BCUT2D eigenvalue weighted by molar-refractivity contribution is 5.65. The zero-order valence-corrected chi connectivity index (χ0v) is 9.80. The van der Waals surface area contributed by atoms with Crippen LogP contribution in [0.2, 0.25) is 0 Å². The van der Waals surface area contributed by atoms with Crippen molar-refractivity contribution in [2.24, 2.45) is 17.3 Å². The summed E-state index contributed by atoms with van der Waals surface area (Å²) in [4.78, 5) is 10.8. The van der Waals surface area contributed by atoms with Gasteiger partial charge in [0, 0.05) is 12.3 Å². The van der Waals surface area contributed by atoms with Crippen LogP contribution in [0, 0.1) is 17.3 Å². The standard InChI is InChI=1S/C12H22O2/c1-9-5-6-12(4,7-10(9)2)8-14-11(3)13/h9-10H,5-8H2,1-4H3/t9-,10-,12-/m1/s1. The first-order valence-electron chi connectivity index (χ1n) is 5.56. The van der Waals surface area contributed by atoms with E-state index in [1.807, 2.05) is 0 Å². The van der Waals surface area contributed by atoms with Crippen molar-refractivity contribution in [2.75, 3.05) is 6.61 Å². The molecule has 3 atom stereocenters. The molecule has 2 nitrogen and oxygen atoms in total. The molecular formula is C12H22O2. The highest BCUT2D eigenvalue weighted by Crippen LogP contribution is 2.41. The molecule has 0 aromatic carbocycles. The quantitative estimate of drug-likeness (QED) is 0.637. The minimum atomic E-state index is -0.155. The number of esters is 1.